The Kier molecular flexibility index (Phi) is 4.32. The maximum atomic E-state index is 13.1. The molecular weight excluding hydrogens is 340 g/mol. The third-order valence-electron chi connectivity index (χ3n) is 4.91. The summed E-state index contributed by atoms with van der Waals surface area (Å²) in [7, 11) is 0. The smallest absolute Gasteiger partial charge is 0.262 e. The van der Waals surface area contributed by atoms with Crippen LogP contribution in [0.2, 0.25) is 0 Å². The third kappa shape index (κ3) is 3.03. The highest BCUT2D eigenvalue weighted by atomic mass is 16.2. The number of hydrazone groups is 2. The van der Waals surface area contributed by atoms with Crippen molar-refractivity contribution in [3.8, 4) is 0 Å². The van der Waals surface area contributed by atoms with Crippen LogP contribution in [0.5, 0.6) is 0 Å². The van der Waals surface area contributed by atoms with Gasteiger partial charge in [0.15, 0.2) is 0 Å². The number of anilines is 1. The largest absolute Gasteiger partial charge is 0.273 e. The van der Waals surface area contributed by atoms with Gasteiger partial charge in [0.25, 0.3) is 5.91 Å². The molecule has 2 aliphatic rings. The van der Waals surface area contributed by atoms with E-state index in [1.165, 1.54) is 16.9 Å². The molecule has 0 saturated carbocycles. The molecular formula is C21H20N4O2. The zero-order valence-corrected chi connectivity index (χ0v) is 15.2. The van der Waals surface area contributed by atoms with Gasteiger partial charge in [0, 0.05) is 13.3 Å². The number of nitrogens with zero attached hydrogens (tertiary/aromatic N) is 4. The molecule has 0 bridgehead atoms. The number of hydrogen-bond acceptors (Lipinski definition) is 4. The molecule has 2 amide bonds. The van der Waals surface area contributed by atoms with Crippen molar-refractivity contribution in [2.24, 2.45) is 16.1 Å². The van der Waals surface area contributed by atoms with E-state index in [9.17, 15) is 9.59 Å². The maximum absolute atomic E-state index is 13.1. The van der Waals surface area contributed by atoms with Gasteiger partial charge in [-0.25, -0.2) is 5.01 Å². The Morgan fingerprint density at radius 2 is 1.63 bits per heavy atom. The molecule has 2 aromatic carbocycles. The summed E-state index contributed by atoms with van der Waals surface area (Å²) in [5, 5.41) is 11.9. The fourth-order valence-electron chi connectivity index (χ4n) is 3.64. The van der Waals surface area contributed by atoms with E-state index < -0.39 is 5.92 Å². The summed E-state index contributed by atoms with van der Waals surface area (Å²) in [6, 6.07) is 18.9. The summed E-state index contributed by atoms with van der Waals surface area (Å²) in [4.78, 5) is 25.2. The van der Waals surface area contributed by atoms with E-state index in [-0.39, 0.29) is 17.9 Å². The van der Waals surface area contributed by atoms with Gasteiger partial charge in [0.05, 0.1) is 23.2 Å². The Morgan fingerprint density at radius 1 is 1.00 bits per heavy atom. The third-order valence-corrected chi connectivity index (χ3v) is 4.91. The Morgan fingerprint density at radius 3 is 2.26 bits per heavy atom. The molecule has 0 spiro atoms. The molecule has 6 nitrogen and oxygen atoms in total. The van der Waals surface area contributed by atoms with E-state index in [0.717, 1.165) is 11.3 Å². The second kappa shape index (κ2) is 6.79. The molecule has 2 unspecified atom stereocenters. The van der Waals surface area contributed by atoms with Gasteiger partial charge in [-0.15, -0.1) is 0 Å². The van der Waals surface area contributed by atoms with E-state index in [2.05, 4.69) is 10.2 Å². The molecule has 0 saturated heterocycles. The van der Waals surface area contributed by atoms with Crippen LogP contribution in [-0.4, -0.2) is 28.2 Å². The van der Waals surface area contributed by atoms with E-state index in [0.29, 0.717) is 17.8 Å². The SMILES string of the molecule is CC(=O)N1N=C(C2C(=O)N(c3ccccc3)N=C2C)CC1c1ccccc1. The fourth-order valence-corrected chi connectivity index (χ4v) is 3.64. The van der Waals surface area contributed by atoms with Crippen LogP contribution in [0.1, 0.15) is 31.9 Å². The second-order valence-electron chi connectivity index (χ2n) is 6.75. The van der Waals surface area contributed by atoms with Gasteiger partial charge in [-0.3, -0.25) is 9.59 Å². The second-order valence-corrected chi connectivity index (χ2v) is 6.75. The monoisotopic (exact) mass is 360 g/mol. The number of rotatable bonds is 3. The highest BCUT2D eigenvalue weighted by molar-refractivity contribution is 6.28. The molecule has 0 aromatic heterocycles. The first kappa shape index (κ1) is 17.1. The Hall–Kier alpha value is -3.28. The van der Waals surface area contributed by atoms with Gasteiger partial charge in [-0.2, -0.15) is 15.2 Å². The van der Waals surface area contributed by atoms with Crippen LogP contribution < -0.4 is 5.01 Å². The number of hydrogen-bond donors (Lipinski definition) is 0. The topological polar surface area (TPSA) is 65.3 Å². The number of carbonyl (C=O) groups excluding carboxylic acids is 2. The molecule has 0 aliphatic carbocycles. The van der Waals surface area contributed by atoms with E-state index in [4.69, 9.17) is 0 Å². The normalized spacial score (nSPS) is 22.1. The van der Waals surface area contributed by atoms with Crippen molar-refractivity contribution in [2.75, 3.05) is 5.01 Å². The van der Waals surface area contributed by atoms with Crippen molar-refractivity contribution in [2.45, 2.75) is 26.3 Å². The van der Waals surface area contributed by atoms with Crippen LogP contribution in [0.4, 0.5) is 5.69 Å². The first-order chi connectivity index (χ1) is 13.1. The van der Waals surface area contributed by atoms with Gasteiger partial charge in [0.1, 0.15) is 5.92 Å². The molecule has 136 valence electrons. The van der Waals surface area contributed by atoms with Gasteiger partial charge >= 0.3 is 0 Å². The minimum atomic E-state index is -0.527. The minimum Gasteiger partial charge on any atom is -0.273 e. The fraction of sp³-hybridized carbons (Fsp3) is 0.238. The lowest BCUT2D eigenvalue weighted by Crippen LogP contribution is -2.32. The summed E-state index contributed by atoms with van der Waals surface area (Å²) < 4.78 is 0. The minimum absolute atomic E-state index is 0.130. The number of amides is 2. The molecule has 0 radical (unpaired) electrons. The van der Waals surface area contributed by atoms with E-state index in [1.807, 2.05) is 67.6 Å². The summed E-state index contributed by atoms with van der Waals surface area (Å²) >= 11 is 0. The molecule has 0 N–H and O–H groups in total. The molecule has 2 heterocycles. The lowest BCUT2D eigenvalue weighted by molar-refractivity contribution is -0.130. The molecule has 0 fully saturated rings. The zero-order valence-electron chi connectivity index (χ0n) is 15.2. The van der Waals surface area contributed by atoms with Gasteiger partial charge < -0.3 is 0 Å². The molecule has 27 heavy (non-hydrogen) atoms. The Bertz CT molecular complexity index is 937. The van der Waals surface area contributed by atoms with Crippen molar-refractivity contribution >= 4 is 28.9 Å². The molecule has 6 heteroatoms. The van der Waals surface area contributed by atoms with Crippen LogP contribution in [0.25, 0.3) is 0 Å². The summed E-state index contributed by atoms with van der Waals surface area (Å²) in [5.41, 5.74) is 3.11. The van der Waals surface area contributed by atoms with Crippen LogP contribution in [0.15, 0.2) is 70.9 Å². The first-order valence-electron chi connectivity index (χ1n) is 8.92. The molecule has 2 aromatic rings. The van der Waals surface area contributed by atoms with Crippen molar-refractivity contribution in [3.05, 3.63) is 66.2 Å². The van der Waals surface area contributed by atoms with Crippen LogP contribution in [0.3, 0.4) is 0 Å². The number of para-hydroxylation sites is 1. The lowest BCUT2D eigenvalue weighted by Gasteiger charge is -2.20. The molecule has 2 atom stereocenters. The summed E-state index contributed by atoms with van der Waals surface area (Å²) in [6.07, 6.45) is 0.523. The van der Waals surface area contributed by atoms with Crippen molar-refractivity contribution in [1.82, 2.24) is 5.01 Å². The van der Waals surface area contributed by atoms with Gasteiger partial charge in [-0.1, -0.05) is 48.5 Å². The van der Waals surface area contributed by atoms with Crippen molar-refractivity contribution in [1.29, 1.82) is 0 Å². The standard InChI is InChI=1S/C21H20N4O2/c1-14-20(21(27)25(22-14)17-11-7-4-8-12-17)18-13-19(24(23-18)15(2)26)16-9-5-3-6-10-16/h3-12,19-20H,13H2,1-2H3. The van der Waals surface area contributed by atoms with E-state index in [1.54, 1.807) is 0 Å². The van der Waals surface area contributed by atoms with Crippen LogP contribution >= 0.6 is 0 Å². The Labute approximate surface area is 157 Å². The average Bonchev–Trinajstić information content (AvgIpc) is 3.24. The number of benzene rings is 2. The Balaban J connectivity index is 1.64. The van der Waals surface area contributed by atoms with E-state index >= 15 is 0 Å². The average molecular weight is 360 g/mol. The predicted molar refractivity (Wildman–Crippen MR) is 104 cm³/mol. The summed E-state index contributed by atoms with van der Waals surface area (Å²) in [5.74, 6) is -0.797. The molecule has 2 aliphatic heterocycles. The quantitative estimate of drug-likeness (QED) is 0.842. The zero-order chi connectivity index (χ0) is 19.0. The first-order valence-corrected chi connectivity index (χ1v) is 8.92. The summed E-state index contributed by atoms with van der Waals surface area (Å²) in [6.45, 7) is 3.33. The van der Waals surface area contributed by atoms with Gasteiger partial charge in [0.2, 0.25) is 5.91 Å². The predicted octanol–water partition coefficient (Wildman–Crippen LogP) is 3.37. The van der Waals surface area contributed by atoms with Crippen molar-refractivity contribution < 1.29 is 9.59 Å². The molecule has 4 rings (SSSR count). The highest BCUT2D eigenvalue weighted by Crippen LogP contribution is 2.35. The van der Waals surface area contributed by atoms with Crippen LogP contribution in [0, 0.1) is 5.92 Å². The van der Waals surface area contributed by atoms with Gasteiger partial charge in [-0.05, 0) is 24.6 Å². The maximum Gasteiger partial charge on any atom is 0.262 e. The number of carbonyl (C=O) groups is 2. The van der Waals surface area contributed by atoms with Crippen LogP contribution in [-0.2, 0) is 9.59 Å². The van der Waals surface area contributed by atoms with Crippen molar-refractivity contribution in [3.63, 3.8) is 0 Å². The lowest BCUT2D eigenvalue weighted by atomic mass is 9.92. The highest BCUT2D eigenvalue weighted by Gasteiger charge is 2.43.